The van der Waals surface area contributed by atoms with Gasteiger partial charge in [0.05, 0.1) is 17.0 Å². The molecule has 2 N–H and O–H groups in total. The van der Waals surface area contributed by atoms with Gasteiger partial charge in [0, 0.05) is 39.3 Å². The molecule has 1 aromatic carbocycles. The predicted molar refractivity (Wildman–Crippen MR) is 114 cm³/mol. The van der Waals surface area contributed by atoms with E-state index in [1.165, 1.54) is 18.5 Å². The normalized spacial score (nSPS) is 16.3. The minimum atomic E-state index is 0.317. The third kappa shape index (κ3) is 4.00. The Bertz CT molecular complexity index is 918. The Morgan fingerprint density at radius 2 is 2.15 bits per heavy atom. The molecule has 1 saturated carbocycles. The smallest absolute Gasteiger partial charge is 0.183 e. The van der Waals surface area contributed by atoms with E-state index in [0.29, 0.717) is 27.9 Å². The molecule has 0 spiro atoms. The average molecular weight is 421 g/mol. The molecule has 0 saturated heterocycles. The molecule has 0 amide bonds. The summed E-state index contributed by atoms with van der Waals surface area (Å²) in [7, 11) is 0. The van der Waals surface area contributed by atoms with Gasteiger partial charge in [0.15, 0.2) is 5.13 Å². The fourth-order valence-corrected chi connectivity index (χ4v) is 5.08. The molecule has 0 radical (unpaired) electrons. The van der Waals surface area contributed by atoms with Crippen LogP contribution in [0.25, 0.3) is 11.3 Å². The van der Waals surface area contributed by atoms with Gasteiger partial charge in [-0.1, -0.05) is 30.1 Å². The fourth-order valence-electron chi connectivity index (χ4n) is 3.70. The number of hydrogen-bond acceptors (Lipinski definition) is 4. The zero-order valence-electron chi connectivity index (χ0n) is 15.3. The van der Waals surface area contributed by atoms with E-state index in [9.17, 15) is 0 Å². The van der Waals surface area contributed by atoms with Gasteiger partial charge < -0.3 is 10.3 Å². The highest BCUT2D eigenvalue weighted by molar-refractivity contribution is 7.16. The van der Waals surface area contributed by atoms with E-state index in [-0.39, 0.29) is 0 Å². The number of aromatic nitrogens is 3. The summed E-state index contributed by atoms with van der Waals surface area (Å²) >= 11 is 14.1. The molecule has 0 aliphatic heterocycles. The molecular formula is C20H22Cl2N4S. The lowest BCUT2D eigenvalue weighted by Crippen LogP contribution is -2.28. The summed E-state index contributed by atoms with van der Waals surface area (Å²) in [4.78, 5) is 13.5. The number of nitrogens with zero attached hydrogens (tertiary/aromatic N) is 2. The molecule has 27 heavy (non-hydrogen) atoms. The molecule has 4 nitrogen and oxygen atoms in total. The van der Waals surface area contributed by atoms with Crippen molar-refractivity contribution in [3.8, 4) is 11.3 Å². The molecule has 1 aliphatic rings. The zero-order valence-corrected chi connectivity index (χ0v) is 17.6. The minimum absolute atomic E-state index is 0.317. The standard InChI is InChI=1S/C20H22Cl2N4S/c1-3-16(18(12-4-5-12)17-9-23-10-24-17)25-20-26-19(11(2)27-20)14-7-6-13(21)8-15(14)22/h6-10,12,16,18H,3-5H2,1-2H3,(H,23,24)(H,25,26). The van der Waals surface area contributed by atoms with E-state index in [2.05, 4.69) is 29.1 Å². The van der Waals surface area contributed by atoms with Crippen LogP contribution in [0, 0.1) is 12.8 Å². The summed E-state index contributed by atoms with van der Waals surface area (Å²) in [5.74, 6) is 1.15. The van der Waals surface area contributed by atoms with Crippen molar-refractivity contribution in [1.82, 2.24) is 15.0 Å². The van der Waals surface area contributed by atoms with Crippen LogP contribution < -0.4 is 5.32 Å². The Morgan fingerprint density at radius 1 is 1.33 bits per heavy atom. The highest BCUT2D eigenvalue weighted by Crippen LogP contribution is 2.45. The van der Waals surface area contributed by atoms with Crippen molar-refractivity contribution < 1.29 is 0 Å². The van der Waals surface area contributed by atoms with E-state index in [4.69, 9.17) is 28.2 Å². The van der Waals surface area contributed by atoms with Gasteiger partial charge in [-0.15, -0.1) is 11.3 Å². The first-order valence-electron chi connectivity index (χ1n) is 9.24. The van der Waals surface area contributed by atoms with Crippen molar-refractivity contribution in [1.29, 1.82) is 0 Å². The molecule has 1 aliphatic carbocycles. The fraction of sp³-hybridized carbons (Fsp3) is 0.400. The molecule has 2 aromatic heterocycles. The number of benzene rings is 1. The number of anilines is 1. The van der Waals surface area contributed by atoms with Crippen LogP contribution >= 0.6 is 34.5 Å². The second kappa shape index (κ2) is 7.82. The van der Waals surface area contributed by atoms with Gasteiger partial charge in [0.2, 0.25) is 0 Å². The van der Waals surface area contributed by atoms with Crippen molar-refractivity contribution in [2.45, 2.75) is 45.1 Å². The maximum absolute atomic E-state index is 6.39. The zero-order chi connectivity index (χ0) is 19.0. The summed E-state index contributed by atoms with van der Waals surface area (Å²) in [5, 5.41) is 5.89. The Morgan fingerprint density at radius 3 is 2.78 bits per heavy atom. The highest BCUT2D eigenvalue weighted by atomic mass is 35.5. The van der Waals surface area contributed by atoms with Gasteiger partial charge in [-0.2, -0.15) is 0 Å². The Hall–Kier alpha value is -1.56. The quantitative estimate of drug-likeness (QED) is 0.456. The first kappa shape index (κ1) is 18.8. The van der Waals surface area contributed by atoms with Crippen LogP contribution in [0.1, 0.15) is 42.7 Å². The Balaban J connectivity index is 1.60. The molecule has 2 unspecified atom stereocenters. The molecule has 7 heteroatoms. The maximum atomic E-state index is 6.39. The van der Waals surface area contributed by atoms with Crippen molar-refractivity contribution in [2.75, 3.05) is 5.32 Å². The van der Waals surface area contributed by atoms with Crippen LogP contribution in [-0.2, 0) is 0 Å². The number of rotatable bonds is 7. The van der Waals surface area contributed by atoms with E-state index >= 15 is 0 Å². The van der Waals surface area contributed by atoms with Gasteiger partial charge in [-0.05, 0) is 50.3 Å². The van der Waals surface area contributed by atoms with E-state index in [1.54, 1.807) is 23.7 Å². The monoisotopic (exact) mass is 420 g/mol. The SMILES string of the molecule is CCC(Nc1nc(-c2ccc(Cl)cc2Cl)c(C)s1)C(c1cnc[nH]1)C1CC1. The number of aromatic amines is 1. The van der Waals surface area contributed by atoms with E-state index in [0.717, 1.165) is 27.7 Å². The van der Waals surface area contributed by atoms with Crippen LogP contribution in [0.15, 0.2) is 30.7 Å². The first-order chi connectivity index (χ1) is 13.1. The molecule has 0 bridgehead atoms. The minimum Gasteiger partial charge on any atom is -0.358 e. The number of hydrogen-bond donors (Lipinski definition) is 2. The maximum Gasteiger partial charge on any atom is 0.183 e. The number of H-pyrrole nitrogens is 1. The molecule has 1 fully saturated rings. The van der Waals surface area contributed by atoms with Crippen LogP contribution in [0.2, 0.25) is 10.0 Å². The third-order valence-corrected chi connectivity index (χ3v) is 6.62. The van der Waals surface area contributed by atoms with Crippen LogP contribution in [-0.4, -0.2) is 21.0 Å². The third-order valence-electron chi connectivity index (χ3n) is 5.17. The first-order valence-corrected chi connectivity index (χ1v) is 10.8. The van der Waals surface area contributed by atoms with Gasteiger partial charge in [-0.25, -0.2) is 9.97 Å². The van der Waals surface area contributed by atoms with Crippen molar-refractivity contribution >= 4 is 39.7 Å². The Kier molecular flexibility index (Phi) is 5.44. The lowest BCUT2D eigenvalue weighted by atomic mass is 9.90. The summed E-state index contributed by atoms with van der Waals surface area (Å²) in [6.07, 6.45) is 7.32. The number of nitrogens with one attached hydrogen (secondary N) is 2. The summed E-state index contributed by atoms with van der Waals surface area (Å²) < 4.78 is 0. The molecule has 2 atom stereocenters. The summed E-state index contributed by atoms with van der Waals surface area (Å²) in [5.41, 5.74) is 3.05. The molecule has 142 valence electrons. The van der Waals surface area contributed by atoms with E-state index < -0.39 is 0 Å². The highest BCUT2D eigenvalue weighted by Gasteiger charge is 2.38. The van der Waals surface area contributed by atoms with Crippen molar-refractivity contribution in [3.05, 3.63) is 51.3 Å². The predicted octanol–water partition coefficient (Wildman–Crippen LogP) is 6.53. The number of halogens is 2. The molecule has 3 aromatic rings. The number of aryl methyl sites for hydroxylation is 1. The summed E-state index contributed by atoms with van der Waals surface area (Å²) in [6.45, 7) is 4.30. The van der Waals surface area contributed by atoms with Gasteiger partial charge in [0.1, 0.15) is 0 Å². The van der Waals surface area contributed by atoms with Gasteiger partial charge in [-0.3, -0.25) is 0 Å². The van der Waals surface area contributed by atoms with Crippen LogP contribution in [0.5, 0.6) is 0 Å². The second-order valence-electron chi connectivity index (χ2n) is 7.08. The molecule has 2 heterocycles. The number of imidazole rings is 1. The topological polar surface area (TPSA) is 53.6 Å². The van der Waals surface area contributed by atoms with Crippen LogP contribution in [0.3, 0.4) is 0 Å². The summed E-state index contributed by atoms with van der Waals surface area (Å²) in [6, 6.07) is 5.87. The Labute approximate surface area is 173 Å². The van der Waals surface area contributed by atoms with Gasteiger partial charge in [0.25, 0.3) is 0 Å². The van der Waals surface area contributed by atoms with E-state index in [1.807, 2.05) is 18.3 Å². The second-order valence-corrected chi connectivity index (χ2v) is 9.12. The molecule has 4 rings (SSSR count). The lowest BCUT2D eigenvalue weighted by Gasteiger charge is -2.26. The van der Waals surface area contributed by atoms with Crippen molar-refractivity contribution in [3.63, 3.8) is 0 Å². The number of thiazole rings is 1. The van der Waals surface area contributed by atoms with Gasteiger partial charge >= 0.3 is 0 Å². The largest absolute Gasteiger partial charge is 0.358 e. The lowest BCUT2D eigenvalue weighted by molar-refractivity contribution is 0.488. The van der Waals surface area contributed by atoms with Crippen molar-refractivity contribution in [2.24, 2.45) is 5.92 Å². The molecular weight excluding hydrogens is 399 g/mol. The van der Waals surface area contributed by atoms with Crippen LogP contribution in [0.4, 0.5) is 5.13 Å². The average Bonchev–Trinajstić information content (AvgIpc) is 3.18.